The van der Waals surface area contributed by atoms with E-state index in [9.17, 15) is 9.59 Å². The first-order valence-corrected chi connectivity index (χ1v) is 9.34. The molecule has 1 atom stereocenters. The molecule has 2 N–H and O–H groups in total. The summed E-state index contributed by atoms with van der Waals surface area (Å²) in [5, 5.41) is 0.454. The Morgan fingerprint density at radius 3 is 2.48 bits per heavy atom. The summed E-state index contributed by atoms with van der Waals surface area (Å²) in [6.07, 6.45) is 3.88. The smallest absolute Gasteiger partial charge is 0.219 e. The van der Waals surface area contributed by atoms with Crippen molar-refractivity contribution in [3.05, 3.63) is 35.7 Å². The monoisotopic (exact) mass is 389 g/mol. The van der Waals surface area contributed by atoms with Gasteiger partial charge in [0.15, 0.2) is 0 Å². The Hall–Kier alpha value is -2.41. The number of carbonyl (C=O) groups is 2. The first-order valence-electron chi connectivity index (χ1n) is 8.96. The lowest BCUT2D eigenvalue weighted by Gasteiger charge is -2.36. The lowest BCUT2D eigenvalue weighted by molar-refractivity contribution is -0.129. The van der Waals surface area contributed by atoms with Gasteiger partial charge in [0.2, 0.25) is 11.8 Å². The maximum absolute atomic E-state index is 11.7. The molecule has 7 nitrogen and oxygen atoms in total. The molecule has 1 aromatic heterocycles. The highest BCUT2D eigenvalue weighted by Crippen LogP contribution is 2.34. The highest BCUT2D eigenvalue weighted by molar-refractivity contribution is 6.69. The molecule has 144 valence electrons. The standard InChI is InChI=1S/C19H24ClN5O2/c1-13-9-19(10-17(21)27,12-23-18(13)20)16-4-3-15(11-22-16)25-7-5-24(6-8-25)14(2)26/h3-4,9,11H,5-8,10,12H2,1-2H3,(H2,21,27). The van der Waals surface area contributed by atoms with Gasteiger partial charge in [0.05, 0.1) is 29.5 Å². The van der Waals surface area contributed by atoms with E-state index >= 15 is 0 Å². The Labute approximate surface area is 163 Å². The zero-order chi connectivity index (χ0) is 19.6. The third kappa shape index (κ3) is 4.13. The average Bonchev–Trinajstić information content (AvgIpc) is 2.64. The van der Waals surface area contributed by atoms with Crippen molar-refractivity contribution >= 4 is 34.3 Å². The topological polar surface area (TPSA) is 91.9 Å². The van der Waals surface area contributed by atoms with Crippen LogP contribution < -0.4 is 10.6 Å². The second-order valence-corrected chi connectivity index (χ2v) is 7.49. The van der Waals surface area contributed by atoms with Gasteiger partial charge in [-0.05, 0) is 24.6 Å². The summed E-state index contributed by atoms with van der Waals surface area (Å²) in [7, 11) is 0. The highest BCUT2D eigenvalue weighted by atomic mass is 35.5. The number of allylic oxidation sites excluding steroid dienone is 1. The number of hydrogen-bond acceptors (Lipinski definition) is 5. The number of nitrogens with zero attached hydrogens (tertiary/aromatic N) is 4. The second-order valence-electron chi connectivity index (χ2n) is 7.13. The Balaban J connectivity index is 1.81. The van der Waals surface area contributed by atoms with Crippen LogP contribution in [-0.4, -0.2) is 59.6 Å². The summed E-state index contributed by atoms with van der Waals surface area (Å²) in [6.45, 7) is 6.76. The van der Waals surface area contributed by atoms with Crippen LogP contribution in [0, 0.1) is 0 Å². The molecule has 2 aliphatic rings. The number of dihydropyridines is 1. The molecule has 1 saturated heterocycles. The predicted molar refractivity (Wildman–Crippen MR) is 106 cm³/mol. The number of carbonyl (C=O) groups excluding carboxylic acids is 2. The van der Waals surface area contributed by atoms with Crippen LogP contribution >= 0.6 is 11.6 Å². The molecule has 3 rings (SSSR count). The predicted octanol–water partition coefficient (Wildman–Crippen LogP) is 1.46. The minimum absolute atomic E-state index is 0.107. The quantitative estimate of drug-likeness (QED) is 0.843. The van der Waals surface area contributed by atoms with Gasteiger partial charge < -0.3 is 15.5 Å². The maximum atomic E-state index is 11.7. The molecule has 3 heterocycles. The largest absolute Gasteiger partial charge is 0.370 e. The number of anilines is 1. The molecule has 27 heavy (non-hydrogen) atoms. The number of aliphatic imine (C=N–C) groups is 1. The lowest BCUT2D eigenvalue weighted by atomic mass is 9.77. The molecule has 0 spiro atoms. The van der Waals surface area contributed by atoms with E-state index in [1.54, 1.807) is 6.92 Å². The van der Waals surface area contributed by atoms with Gasteiger partial charge in [0.25, 0.3) is 0 Å². The number of piperazine rings is 1. The lowest BCUT2D eigenvalue weighted by Crippen LogP contribution is -2.48. The molecule has 0 radical (unpaired) electrons. The molecule has 2 amide bonds. The number of aromatic nitrogens is 1. The van der Waals surface area contributed by atoms with Gasteiger partial charge in [-0.1, -0.05) is 17.7 Å². The van der Waals surface area contributed by atoms with Crippen molar-refractivity contribution in [1.29, 1.82) is 0 Å². The molecule has 8 heteroatoms. The van der Waals surface area contributed by atoms with E-state index < -0.39 is 11.3 Å². The van der Waals surface area contributed by atoms with E-state index in [1.165, 1.54) is 0 Å². The van der Waals surface area contributed by atoms with Crippen LogP contribution in [0.4, 0.5) is 5.69 Å². The van der Waals surface area contributed by atoms with Gasteiger partial charge in [0.1, 0.15) is 5.17 Å². The number of rotatable bonds is 4. The molecule has 0 aromatic carbocycles. The van der Waals surface area contributed by atoms with Gasteiger partial charge in [-0.2, -0.15) is 0 Å². The molecule has 0 bridgehead atoms. The fourth-order valence-corrected chi connectivity index (χ4v) is 3.78. The summed E-state index contributed by atoms with van der Waals surface area (Å²) in [5.74, 6) is -0.298. The average molecular weight is 390 g/mol. The fraction of sp³-hybridized carbons (Fsp3) is 0.474. The SMILES string of the molecule is CC(=O)N1CCN(c2ccc(C3(CC(N)=O)C=C(C)C(Cl)=NC3)nc2)CC1. The van der Waals surface area contributed by atoms with E-state index in [1.807, 2.05) is 36.2 Å². The minimum atomic E-state index is -0.667. The van der Waals surface area contributed by atoms with E-state index in [4.69, 9.17) is 17.3 Å². The van der Waals surface area contributed by atoms with Crippen molar-refractivity contribution in [3.63, 3.8) is 0 Å². The first kappa shape index (κ1) is 19.4. The van der Waals surface area contributed by atoms with Gasteiger partial charge >= 0.3 is 0 Å². The summed E-state index contributed by atoms with van der Waals surface area (Å²) < 4.78 is 0. The Morgan fingerprint density at radius 2 is 1.96 bits per heavy atom. The van der Waals surface area contributed by atoms with E-state index in [0.29, 0.717) is 24.8 Å². The van der Waals surface area contributed by atoms with E-state index in [0.717, 1.165) is 30.0 Å². The number of hydrogen-bond donors (Lipinski definition) is 1. The summed E-state index contributed by atoms with van der Waals surface area (Å²) >= 11 is 6.09. The Morgan fingerprint density at radius 1 is 1.26 bits per heavy atom. The second kappa shape index (κ2) is 7.68. The van der Waals surface area contributed by atoms with Crippen molar-refractivity contribution in [2.75, 3.05) is 37.6 Å². The van der Waals surface area contributed by atoms with E-state index in [2.05, 4.69) is 14.9 Å². The van der Waals surface area contributed by atoms with Crippen molar-refractivity contribution in [2.24, 2.45) is 10.7 Å². The fourth-order valence-electron chi connectivity index (χ4n) is 3.67. The van der Waals surface area contributed by atoms with E-state index in [-0.39, 0.29) is 12.3 Å². The van der Waals surface area contributed by atoms with Crippen LogP contribution in [0.3, 0.4) is 0 Å². The Kier molecular flexibility index (Phi) is 5.51. The summed E-state index contributed by atoms with van der Waals surface area (Å²) in [6, 6.07) is 3.92. The molecule has 1 aromatic rings. The molecular weight excluding hydrogens is 366 g/mol. The highest BCUT2D eigenvalue weighted by Gasteiger charge is 2.36. The van der Waals surface area contributed by atoms with Crippen LogP contribution in [0.1, 0.15) is 26.0 Å². The van der Waals surface area contributed by atoms with Crippen molar-refractivity contribution in [2.45, 2.75) is 25.7 Å². The number of pyridine rings is 1. The van der Waals surface area contributed by atoms with Gasteiger partial charge in [-0.3, -0.25) is 19.6 Å². The number of primary amides is 1. The Bertz CT molecular complexity index is 797. The third-order valence-corrected chi connectivity index (χ3v) is 5.57. The van der Waals surface area contributed by atoms with Crippen molar-refractivity contribution < 1.29 is 9.59 Å². The van der Waals surface area contributed by atoms with Crippen molar-refractivity contribution in [1.82, 2.24) is 9.88 Å². The molecular formula is C19H24ClN5O2. The summed E-state index contributed by atoms with van der Waals surface area (Å²) in [4.78, 5) is 36.2. The van der Waals surface area contributed by atoms with Gasteiger partial charge in [0, 0.05) is 39.5 Å². The van der Waals surface area contributed by atoms with Crippen molar-refractivity contribution in [3.8, 4) is 0 Å². The number of amides is 2. The normalized spacial score (nSPS) is 22.9. The third-order valence-electron chi connectivity index (χ3n) is 5.16. The minimum Gasteiger partial charge on any atom is -0.370 e. The molecule has 1 fully saturated rings. The molecule has 2 aliphatic heterocycles. The zero-order valence-corrected chi connectivity index (χ0v) is 16.4. The molecule has 1 unspecified atom stereocenters. The number of nitrogens with two attached hydrogens (primary N) is 1. The maximum Gasteiger partial charge on any atom is 0.219 e. The van der Waals surface area contributed by atoms with Crippen LogP contribution in [0.2, 0.25) is 0 Å². The molecule has 0 saturated carbocycles. The molecule has 0 aliphatic carbocycles. The van der Waals surface area contributed by atoms with Gasteiger partial charge in [-0.15, -0.1) is 0 Å². The van der Waals surface area contributed by atoms with Crippen LogP contribution in [0.5, 0.6) is 0 Å². The number of halogens is 1. The summed E-state index contributed by atoms with van der Waals surface area (Å²) in [5.41, 5.74) is 7.39. The van der Waals surface area contributed by atoms with Crippen LogP contribution in [-0.2, 0) is 15.0 Å². The first-order chi connectivity index (χ1) is 12.8. The van der Waals surface area contributed by atoms with Crippen LogP contribution in [0.15, 0.2) is 35.0 Å². The zero-order valence-electron chi connectivity index (χ0n) is 15.6. The van der Waals surface area contributed by atoms with Gasteiger partial charge in [-0.25, -0.2) is 0 Å². The van der Waals surface area contributed by atoms with Crippen LogP contribution in [0.25, 0.3) is 0 Å².